The van der Waals surface area contributed by atoms with E-state index in [1.807, 2.05) is 41.0 Å². The molecule has 0 bridgehead atoms. The molecule has 2 heterocycles. The number of para-hydroxylation sites is 2. The van der Waals surface area contributed by atoms with Crippen molar-refractivity contribution in [3.63, 3.8) is 0 Å². The topological polar surface area (TPSA) is 72.7 Å². The summed E-state index contributed by atoms with van der Waals surface area (Å²) in [6.07, 6.45) is 3.27. The molecule has 4 aromatic rings. The van der Waals surface area contributed by atoms with Gasteiger partial charge in [-0.1, -0.05) is 12.1 Å². The average Bonchev–Trinajstić information content (AvgIpc) is 3.18. The summed E-state index contributed by atoms with van der Waals surface area (Å²) in [5.41, 5.74) is 3.41. The maximum Gasteiger partial charge on any atom is 0.332 e. The van der Waals surface area contributed by atoms with Crippen LogP contribution in [0.2, 0.25) is 0 Å². The SMILES string of the molecule is Cc1c[nH]c(=O)n1C(=O)c1ccc(-n2cnc3ccccc32)cc1. The molecule has 6 heteroatoms. The lowest BCUT2D eigenvalue weighted by molar-refractivity contribution is 0.0954. The second kappa shape index (κ2) is 5.34. The van der Waals surface area contributed by atoms with Gasteiger partial charge in [0.25, 0.3) is 5.91 Å². The molecule has 0 atom stereocenters. The van der Waals surface area contributed by atoms with Gasteiger partial charge in [0, 0.05) is 23.1 Å². The zero-order valence-corrected chi connectivity index (χ0v) is 12.9. The Morgan fingerprint density at radius 3 is 2.54 bits per heavy atom. The van der Waals surface area contributed by atoms with Crippen LogP contribution in [0, 0.1) is 6.92 Å². The van der Waals surface area contributed by atoms with E-state index in [0.717, 1.165) is 21.3 Å². The third-order valence-corrected chi connectivity index (χ3v) is 4.01. The van der Waals surface area contributed by atoms with Gasteiger partial charge in [-0.2, -0.15) is 0 Å². The zero-order valence-electron chi connectivity index (χ0n) is 12.9. The molecule has 24 heavy (non-hydrogen) atoms. The molecule has 0 saturated heterocycles. The number of hydrogen-bond acceptors (Lipinski definition) is 3. The van der Waals surface area contributed by atoms with Crippen molar-refractivity contribution in [2.24, 2.45) is 0 Å². The summed E-state index contributed by atoms with van der Waals surface area (Å²) in [7, 11) is 0. The van der Waals surface area contributed by atoms with Gasteiger partial charge in [0.15, 0.2) is 0 Å². The molecule has 0 spiro atoms. The number of H-pyrrole nitrogens is 1. The summed E-state index contributed by atoms with van der Waals surface area (Å²) in [6.45, 7) is 1.71. The molecule has 0 radical (unpaired) electrons. The van der Waals surface area contributed by atoms with Gasteiger partial charge in [-0.25, -0.2) is 14.3 Å². The van der Waals surface area contributed by atoms with Gasteiger partial charge in [-0.05, 0) is 43.3 Å². The summed E-state index contributed by atoms with van der Waals surface area (Å²) in [5, 5.41) is 0. The molecular formula is C18H14N4O2. The Hall–Kier alpha value is -3.41. The van der Waals surface area contributed by atoms with Crippen LogP contribution in [0.15, 0.2) is 65.8 Å². The predicted molar refractivity (Wildman–Crippen MR) is 90.6 cm³/mol. The van der Waals surface area contributed by atoms with E-state index in [2.05, 4.69) is 9.97 Å². The van der Waals surface area contributed by atoms with Crippen LogP contribution in [0.5, 0.6) is 0 Å². The third kappa shape index (κ3) is 2.16. The van der Waals surface area contributed by atoms with Crippen molar-refractivity contribution >= 4 is 16.9 Å². The lowest BCUT2D eigenvalue weighted by atomic mass is 10.2. The number of nitrogens with one attached hydrogen (secondary N) is 1. The molecule has 0 aliphatic rings. The minimum atomic E-state index is -0.429. The molecule has 0 saturated carbocycles. The standard InChI is InChI=1S/C18H14N4O2/c1-12-10-19-18(24)22(12)17(23)13-6-8-14(9-7-13)21-11-20-15-4-2-3-5-16(15)21/h2-11H,1H3,(H,19,24). The van der Waals surface area contributed by atoms with Crippen molar-refractivity contribution in [2.75, 3.05) is 0 Å². The number of aryl methyl sites for hydroxylation is 1. The van der Waals surface area contributed by atoms with E-state index < -0.39 is 5.69 Å². The van der Waals surface area contributed by atoms with E-state index in [9.17, 15) is 9.59 Å². The van der Waals surface area contributed by atoms with E-state index in [-0.39, 0.29) is 5.91 Å². The van der Waals surface area contributed by atoms with Crippen molar-refractivity contribution in [3.05, 3.63) is 82.8 Å². The first-order valence-corrected chi connectivity index (χ1v) is 7.49. The number of nitrogens with zero attached hydrogens (tertiary/aromatic N) is 3. The van der Waals surface area contributed by atoms with Crippen LogP contribution < -0.4 is 5.69 Å². The minimum absolute atomic E-state index is 0.346. The largest absolute Gasteiger partial charge is 0.332 e. The normalized spacial score (nSPS) is 11.0. The molecule has 0 unspecified atom stereocenters. The Morgan fingerprint density at radius 2 is 1.83 bits per heavy atom. The second-order valence-corrected chi connectivity index (χ2v) is 5.53. The van der Waals surface area contributed by atoms with E-state index in [1.165, 1.54) is 6.20 Å². The molecule has 6 nitrogen and oxygen atoms in total. The highest BCUT2D eigenvalue weighted by Crippen LogP contribution is 2.18. The van der Waals surface area contributed by atoms with E-state index in [4.69, 9.17) is 0 Å². The molecule has 2 aromatic heterocycles. The fourth-order valence-corrected chi connectivity index (χ4v) is 2.77. The quantitative estimate of drug-likeness (QED) is 0.617. The van der Waals surface area contributed by atoms with Crippen LogP contribution in [0.25, 0.3) is 16.7 Å². The van der Waals surface area contributed by atoms with E-state index in [0.29, 0.717) is 11.3 Å². The minimum Gasteiger partial charge on any atom is -0.312 e. The fourth-order valence-electron chi connectivity index (χ4n) is 2.77. The second-order valence-electron chi connectivity index (χ2n) is 5.53. The number of carbonyl (C=O) groups is 1. The monoisotopic (exact) mass is 318 g/mol. The first-order valence-electron chi connectivity index (χ1n) is 7.49. The number of benzene rings is 2. The van der Waals surface area contributed by atoms with Crippen molar-refractivity contribution in [1.29, 1.82) is 0 Å². The Labute approximate surface area is 137 Å². The van der Waals surface area contributed by atoms with Gasteiger partial charge >= 0.3 is 5.69 Å². The zero-order chi connectivity index (χ0) is 16.7. The van der Waals surface area contributed by atoms with Crippen molar-refractivity contribution in [1.82, 2.24) is 19.1 Å². The van der Waals surface area contributed by atoms with Crippen molar-refractivity contribution < 1.29 is 4.79 Å². The number of imidazole rings is 2. The van der Waals surface area contributed by atoms with Gasteiger partial charge in [0.1, 0.15) is 6.33 Å². The fraction of sp³-hybridized carbons (Fsp3) is 0.0556. The van der Waals surface area contributed by atoms with E-state index >= 15 is 0 Å². The first kappa shape index (κ1) is 14.2. The Morgan fingerprint density at radius 1 is 1.08 bits per heavy atom. The molecule has 4 rings (SSSR count). The Balaban J connectivity index is 1.73. The lowest BCUT2D eigenvalue weighted by Gasteiger charge is -2.07. The van der Waals surface area contributed by atoms with Gasteiger partial charge < -0.3 is 4.98 Å². The number of rotatable bonds is 2. The smallest absolute Gasteiger partial charge is 0.312 e. The summed E-state index contributed by atoms with van der Waals surface area (Å²) >= 11 is 0. The van der Waals surface area contributed by atoms with Gasteiger partial charge in [-0.15, -0.1) is 0 Å². The Bertz CT molecular complexity index is 1100. The van der Waals surface area contributed by atoms with Crippen LogP contribution in [-0.4, -0.2) is 25.0 Å². The average molecular weight is 318 g/mol. The molecular weight excluding hydrogens is 304 g/mol. The van der Waals surface area contributed by atoms with Crippen molar-refractivity contribution in [3.8, 4) is 5.69 Å². The van der Waals surface area contributed by atoms with Crippen LogP contribution in [0.3, 0.4) is 0 Å². The number of fused-ring (bicyclic) bond motifs is 1. The third-order valence-electron chi connectivity index (χ3n) is 4.01. The number of hydrogen-bond donors (Lipinski definition) is 1. The van der Waals surface area contributed by atoms with Crippen LogP contribution in [-0.2, 0) is 0 Å². The lowest BCUT2D eigenvalue weighted by Crippen LogP contribution is -2.25. The molecule has 2 aromatic carbocycles. The molecule has 118 valence electrons. The van der Waals surface area contributed by atoms with Gasteiger partial charge in [-0.3, -0.25) is 9.36 Å². The Kier molecular flexibility index (Phi) is 3.16. The number of aromatic amines is 1. The maximum atomic E-state index is 12.5. The van der Waals surface area contributed by atoms with Crippen LogP contribution >= 0.6 is 0 Å². The molecule has 0 aliphatic heterocycles. The molecule has 0 amide bonds. The molecule has 0 aliphatic carbocycles. The number of carbonyl (C=O) groups excluding carboxylic acids is 1. The van der Waals surface area contributed by atoms with Crippen molar-refractivity contribution in [2.45, 2.75) is 6.92 Å². The van der Waals surface area contributed by atoms with Gasteiger partial charge in [0.2, 0.25) is 0 Å². The van der Waals surface area contributed by atoms with Crippen LogP contribution in [0.4, 0.5) is 0 Å². The highest BCUT2D eigenvalue weighted by atomic mass is 16.2. The van der Waals surface area contributed by atoms with E-state index in [1.54, 1.807) is 25.4 Å². The first-order chi connectivity index (χ1) is 11.6. The highest BCUT2D eigenvalue weighted by Gasteiger charge is 2.14. The highest BCUT2D eigenvalue weighted by molar-refractivity contribution is 5.96. The summed E-state index contributed by atoms with van der Waals surface area (Å²) in [4.78, 5) is 31.1. The van der Waals surface area contributed by atoms with Gasteiger partial charge in [0.05, 0.1) is 11.0 Å². The summed E-state index contributed by atoms with van der Waals surface area (Å²) in [6, 6.07) is 15.0. The molecule has 1 N–H and O–H groups in total. The maximum absolute atomic E-state index is 12.5. The summed E-state index contributed by atoms with van der Waals surface area (Å²) < 4.78 is 3.08. The summed E-state index contributed by atoms with van der Waals surface area (Å²) in [5.74, 6) is -0.346. The van der Waals surface area contributed by atoms with Crippen LogP contribution in [0.1, 0.15) is 16.1 Å². The predicted octanol–water partition coefficient (Wildman–Crippen LogP) is 2.51. The number of aromatic nitrogens is 4. The molecule has 0 fully saturated rings.